The Kier molecular flexibility index (Phi) is 4.63. The minimum absolute atomic E-state index is 0.162. The second-order valence-corrected chi connectivity index (χ2v) is 7.47. The zero-order valence-electron chi connectivity index (χ0n) is 11.7. The smallest absolute Gasteiger partial charge is 0.0954 e. The average Bonchev–Trinajstić information content (AvgIpc) is 3.17. The van der Waals surface area contributed by atoms with E-state index in [0.717, 1.165) is 10.8 Å². The summed E-state index contributed by atoms with van der Waals surface area (Å²) in [4.78, 5) is 2.55. The van der Waals surface area contributed by atoms with Gasteiger partial charge >= 0.3 is 0 Å². The fourth-order valence-electron chi connectivity index (χ4n) is 2.35. The van der Waals surface area contributed by atoms with Crippen molar-refractivity contribution < 1.29 is 0 Å². The molecule has 1 unspecified atom stereocenters. The van der Waals surface area contributed by atoms with E-state index in [1.54, 1.807) is 22.7 Å². The fourth-order valence-corrected chi connectivity index (χ4v) is 4.35. The first kappa shape index (κ1) is 14.6. The summed E-state index contributed by atoms with van der Waals surface area (Å²) in [5.41, 5.74) is 2.53. The van der Waals surface area contributed by atoms with Gasteiger partial charge in [0.2, 0.25) is 0 Å². The molecule has 1 atom stereocenters. The van der Waals surface area contributed by atoms with Gasteiger partial charge < -0.3 is 5.32 Å². The first-order chi connectivity index (χ1) is 10.3. The van der Waals surface area contributed by atoms with Crippen LogP contribution in [0.15, 0.2) is 53.9 Å². The lowest BCUT2D eigenvalue weighted by atomic mass is 10.1. The number of aryl methyl sites for hydroxylation is 1. The Hall–Kier alpha value is -1.29. The van der Waals surface area contributed by atoms with Gasteiger partial charge in [0, 0.05) is 15.4 Å². The Morgan fingerprint density at radius 2 is 1.90 bits per heavy atom. The van der Waals surface area contributed by atoms with Crippen LogP contribution in [-0.4, -0.2) is 0 Å². The zero-order chi connectivity index (χ0) is 14.7. The Bertz CT molecular complexity index is 703. The molecule has 0 amide bonds. The summed E-state index contributed by atoms with van der Waals surface area (Å²) in [6, 6.07) is 17.0. The third kappa shape index (κ3) is 3.31. The molecule has 2 heterocycles. The molecule has 0 aliphatic rings. The number of hydrogen-bond acceptors (Lipinski definition) is 3. The van der Waals surface area contributed by atoms with Gasteiger partial charge in [-0.15, -0.1) is 22.7 Å². The molecule has 1 nitrogen and oxygen atoms in total. The quantitative estimate of drug-likeness (QED) is 0.583. The lowest BCUT2D eigenvalue weighted by Crippen LogP contribution is -2.10. The van der Waals surface area contributed by atoms with Gasteiger partial charge in [-0.25, -0.2) is 0 Å². The summed E-state index contributed by atoms with van der Waals surface area (Å²) in [7, 11) is 0. The molecule has 4 heteroatoms. The predicted molar refractivity (Wildman–Crippen MR) is 94.9 cm³/mol. The van der Waals surface area contributed by atoms with Gasteiger partial charge in [-0.3, -0.25) is 0 Å². The molecule has 0 bridgehead atoms. The van der Waals surface area contributed by atoms with Crippen molar-refractivity contribution >= 4 is 40.0 Å². The van der Waals surface area contributed by atoms with E-state index < -0.39 is 0 Å². The number of anilines is 1. The monoisotopic (exact) mass is 333 g/mol. The van der Waals surface area contributed by atoms with Crippen LogP contribution >= 0.6 is 34.3 Å². The van der Waals surface area contributed by atoms with E-state index >= 15 is 0 Å². The normalized spacial score (nSPS) is 12.3. The number of para-hydroxylation sites is 1. The van der Waals surface area contributed by atoms with Gasteiger partial charge in [0.25, 0.3) is 0 Å². The molecule has 108 valence electrons. The highest BCUT2D eigenvalue weighted by Gasteiger charge is 2.18. The molecule has 1 aromatic carbocycles. The van der Waals surface area contributed by atoms with Crippen LogP contribution in [-0.2, 0) is 6.42 Å². The first-order valence-corrected chi connectivity index (χ1v) is 8.98. The number of halogens is 1. The SMILES string of the molecule is CCc1ccccc1NC(c1cccs1)c1ccc(Cl)s1. The van der Waals surface area contributed by atoms with Crippen molar-refractivity contribution in [2.75, 3.05) is 5.32 Å². The van der Waals surface area contributed by atoms with Crippen molar-refractivity contribution in [1.29, 1.82) is 0 Å². The Labute approximate surface area is 138 Å². The summed E-state index contributed by atoms with van der Waals surface area (Å²) >= 11 is 9.53. The maximum Gasteiger partial charge on any atom is 0.0954 e. The highest BCUT2D eigenvalue weighted by molar-refractivity contribution is 7.16. The maximum atomic E-state index is 6.12. The number of nitrogens with one attached hydrogen (secondary N) is 1. The van der Waals surface area contributed by atoms with Crippen LogP contribution in [0.3, 0.4) is 0 Å². The molecule has 0 fully saturated rings. The Balaban J connectivity index is 1.97. The largest absolute Gasteiger partial charge is 0.373 e. The van der Waals surface area contributed by atoms with Crippen LogP contribution < -0.4 is 5.32 Å². The molecule has 2 aromatic heterocycles. The van der Waals surface area contributed by atoms with Crippen molar-refractivity contribution in [3.63, 3.8) is 0 Å². The van der Waals surface area contributed by atoms with Crippen molar-refractivity contribution in [3.8, 4) is 0 Å². The van der Waals surface area contributed by atoms with Crippen molar-refractivity contribution in [1.82, 2.24) is 0 Å². The second-order valence-electron chi connectivity index (χ2n) is 4.75. The molecule has 0 saturated heterocycles. The standard InChI is InChI=1S/C17H16ClNS2/c1-2-12-6-3-4-7-13(12)19-17(14-8-5-11-20-14)15-9-10-16(18)21-15/h3-11,17,19H,2H2,1H3. The van der Waals surface area contributed by atoms with Crippen LogP contribution in [0, 0.1) is 0 Å². The molecule has 0 spiro atoms. The summed E-state index contributed by atoms with van der Waals surface area (Å²) in [5, 5.41) is 5.81. The van der Waals surface area contributed by atoms with Gasteiger partial charge in [0.05, 0.1) is 10.4 Å². The Morgan fingerprint density at radius 3 is 2.57 bits per heavy atom. The van der Waals surface area contributed by atoms with Crippen LogP contribution in [0.4, 0.5) is 5.69 Å². The Morgan fingerprint density at radius 1 is 1.05 bits per heavy atom. The zero-order valence-corrected chi connectivity index (χ0v) is 14.1. The average molecular weight is 334 g/mol. The third-order valence-electron chi connectivity index (χ3n) is 3.40. The van der Waals surface area contributed by atoms with Gasteiger partial charge in [-0.05, 0) is 41.6 Å². The number of hydrogen-bond donors (Lipinski definition) is 1. The van der Waals surface area contributed by atoms with Crippen LogP contribution in [0.25, 0.3) is 0 Å². The second kappa shape index (κ2) is 6.65. The molecule has 0 aliphatic carbocycles. The summed E-state index contributed by atoms with van der Waals surface area (Å²) < 4.78 is 0.831. The maximum absolute atomic E-state index is 6.12. The summed E-state index contributed by atoms with van der Waals surface area (Å²) in [6.07, 6.45) is 1.02. The van der Waals surface area contributed by atoms with Crippen LogP contribution in [0.1, 0.15) is 28.3 Å². The van der Waals surface area contributed by atoms with Gasteiger partial charge in [-0.1, -0.05) is 42.8 Å². The molecular weight excluding hydrogens is 318 g/mol. The van der Waals surface area contributed by atoms with Crippen molar-refractivity contribution in [2.24, 2.45) is 0 Å². The van der Waals surface area contributed by atoms with Gasteiger partial charge in [-0.2, -0.15) is 0 Å². The number of benzene rings is 1. The predicted octanol–water partition coefficient (Wildman–Crippen LogP) is 6.23. The van der Waals surface area contributed by atoms with E-state index in [1.165, 1.54) is 21.0 Å². The van der Waals surface area contributed by atoms with Crippen molar-refractivity contribution in [2.45, 2.75) is 19.4 Å². The molecule has 3 rings (SSSR count). The lowest BCUT2D eigenvalue weighted by Gasteiger charge is -2.19. The molecule has 3 aromatic rings. The third-order valence-corrected chi connectivity index (χ3v) is 5.64. The number of rotatable bonds is 5. The molecule has 0 saturated carbocycles. The van der Waals surface area contributed by atoms with Gasteiger partial charge in [0.1, 0.15) is 0 Å². The fraction of sp³-hybridized carbons (Fsp3) is 0.176. The molecule has 0 aliphatic heterocycles. The highest BCUT2D eigenvalue weighted by Crippen LogP contribution is 2.36. The molecule has 21 heavy (non-hydrogen) atoms. The number of thiophene rings is 2. The minimum Gasteiger partial charge on any atom is -0.373 e. The van der Waals surface area contributed by atoms with Crippen LogP contribution in [0.5, 0.6) is 0 Å². The van der Waals surface area contributed by atoms with Crippen LogP contribution in [0.2, 0.25) is 4.34 Å². The van der Waals surface area contributed by atoms with Gasteiger partial charge in [0.15, 0.2) is 0 Å². The van der Waals surface area contributed by atoms with E-state index in [2.05, 4.69) is 60.1 Å². The topological polar surface area (TPSA) is 12.0 Å². The van der Waals surface area contributed by atoms with E-state index in [1.807, 2.05) is 6.07 Å². The lowest BCUT2D eigenvalue weighted by molar-refractivity contribution is 0.980. The molecular formula is C17H16ClNS2. The minimum atomic E-state index is 0.162. The van der Waals surface area contributed by atoms with E-state index in [0.29, 0.717) is 0 Å². The highest BCUT2D eigenvalue weighted by atomic mass is 35.5. The molecule has 1 N–H and O–H groups in total. The molecule has 0 radical (unpaired) electrons. The van der Waals surface area contributed by atoms with E-state index in [4.69, 9.17) is 11.6 Å². The summed E-state index contributed by atoms with van der Waals surface area (Å²) in [6.45, 7) is 2.18. The van der Waals surface area contributed by atoms with E-state index in [9.17, 15) is 0 Å². The van der Waals surface area contributed by atoms with E-state index in [-0.39, 0.29) is 6.04 Å². The summed E-state index contributed by atoms with van der Waals surface area (Å²) in [5.74, 6) is 0. The first-order valence-electron chi connectivity index (χ1n) is 6.91. The van der Waals surface area contributed by atoms with Crippen molar-refractivity contribution in [3.05, 3.63) is 73.6 Å².